The van der Waals surface area contributed by atoms with Crippen LogP contribution in [0.4, 0.5) is 0 Å². The molecule has 0 aliphatic carbocycles. The van der Waals surface area contributed by atoms with Gasteiger partial charge in [-0.05, 0) is 28.5 Å². The molecule has 1 aromatic carbocycles. The Hall–Kier alpha value is -2.43. The van der Waals surface area contributed by atoms with Crippen LogP contribution >= 0.6 is 0 Å². The molecule has 0 saturated carbocycles. The van der Waals surface area contributed by atoms with Gasteiger partial charge in [0.25, 0.3) is 11.5 Å². The van der Waals surface area contributed by atoms with Gasteiger partial charge in [-0.15, -0.1) is 0 Å². The number of hydrogen-bond donors (Lipinski definition) is 1. The van der Waals surface area contributed by atoms with Gasteiger partial charge in [-0.25, -0.2) is 4.68 Å². The average molecular weight is 341 g/mol. The lowest BCUT2D eigenvalue weighted by atomic mass is 9.85. The highest BCUT2D eigenvalue weighted by atomic mass is 16.2. The largest absolute Gasteiger partial charge is 0.344 e. The topological polar surface area (TPSA) is 64.0 Å². The SMILES string of the molecule is CC(C)[C@H](NC(=O)c1ccc(=O)n(C)n1)c1ccc(C(C)(C)C)cc1. The predicted octanol–water partition coefficient (Wildman–Crippen LogP) is 3.20. The van der Waals surface area contributed by atoms with E-state index in [0.29, 0.717) is 0 Å². The van der Waals surface area contributed by atoms with Crippen molar-refractivity contribution in [3.05, 3.63) is 63.6 Å². The highest BCUT2D eigenvalue weighted by Crippen LogP contribution is 2.26. The number of hydrogen-bond acceptors (Lipinski definition) is 3. The summed E-state index contributed by atoms with van der Waals surface area (Å²) in [5.74, 6) is -0.0637. The van der Waals surface area contributed by atoms with E-state index < -0.39 is 0 Å². The summed E-state index contributed by atoms with van der Waals surface area (Å²) < 4.78 is 1.16. The zero-order valence-corrected chi connectivity index (χ0v) is 15.8. The molecule has 2 rings (SSSR count). The van der Waals surface area contributed by atoms with E-state index in [0.717, 1.165) is 10.2 Å². The maximum Gasteiger partial charge on any atom is 0.272 e. The Kier molecular flexibility index (Phi) is 5.45. The summed E-state index contributed by atoms with van der Waals surface area (Å²) in [6.45, 7) is 10.7. The van der Waals surface area contributed by atoms with Crippen molar-refractivity contribution in [2.75, 3.05) is 0 Å². The molecule has 0 spiro atoms. The van der Waals surface area contributed by atoms with Crippen LogP contribution in [0.1, 0.15) is 62.3 Å². The molecule has 2 aromatic rings. The van der Waals surface area contributed by atoms with Crippen molar-refractivity contribution in [1.82, 2.24) is 15.1 Å². The smallest absolute Gasteiger partial charge is 0.272 e. The molecule has 0 unspecified atom stereocenters. The van der Waals surface area contributed by atoms with Crippen LogP contribution in [0.3, 0.4) is 0 Å². The molecule has 1 atom stereocenters. The molecular weight excluding hydrogens is 314 g/mol. The third-order valence-electron chi connectivity index (χ3n) is 4.28. The summed E-state index contributed by atoms with van der Waals surface area (Å²) >= 11 is 0. The average Bonchev–Trinajstić information content (AvgIpc) is 2.54. The van der Waals surface area contributed by atoms with Crippen LogP contribution in [-0.2, 0) is 12.5 Å². The Bertz CT molecular complexity index is 799. The Balaban J connectivity index is 2.24. The number of nitrogens with one attached hydrogen (secondary N) is 1. The second-order valence-electron chi connectivity index (χ2n) is 7.75. The number of aryl methyl sites for hydroxylation is 1. The van der Waals surface area contributed by atoms with Crippen LogP contribution in [0, 0.1) is 5.92 Å². The minimum absolute atomic E-state index is 0.0911. The van der Waals surface area contributed by atoms with Crippen LogP contribution in [0.15, 0.2) is 41.2 Å². The molecule has 1 aromatic heterocycles. The number of carbonyl (C=O) groups excluding carboxylic acids is 1. The quantitative estimate of drug-likeness (QED) is 0.929. The van der Waals surface area contributed by atoms with E-state index in [1.165, 1.54) is 24.7 Å². The highest BCUT2D eigenvalue weighted by Gasteiger charge is 2.21. The van der Waals surface area contributed by atoms with Crippen LogP contribution in [0.2, 0.25) is 0 Å². The first-order chi connectivity index (χ1) is 11.6. The van der Waals surface area contributed by atoms with Crippen LogP contribution in [-0.4, -0.2) is 15.7 Å². The van der Waals surface area contributed by atoms with E-state index in [1.54, 1.807) is 0 Å². The molecule has 0 aliphatic heterocycles. The lowest BCUT2D eigenvalue weighted by Crippen LogP contribution is -2.34. The summed E-state index contributed by atoms with van der Waals surface area (Å²) in [6.07, 6.45) is 0. The first-order valence-electron chi connectivity index (χ1n) is 8.55. The second kappa shape index (κ2) is 7.21. The zero-order chi connectivity index (χ0) is 18.8. The lowest BCUT2D eigenvalue weighted by Gasteiger charge is -2.25. The first-order valence-corrected chi connectivity index (χ1v) is 8.55. The van der Waals surface area contributed by atoms with Crippen LogP contribution in [0.5, 0.6) is 0 Å². The molecule has 0 bridgehead atoms. The summed E-state index contributed by atoms with van der Waals surface area (Å²) in [5, 5.41) is 7.05. The summed E-state index contributed by atoms with van der Waals surface area (Å²) in [5.41, 5.74) is 2.40. The Labute approximate surface area is 149 Å². The fraction of sp³-hybridized carbons (Fsp3) is 0.450. The Morgan fingerprint density at radius 1 is 1.08 bits per heavy atom. The number of aromatic nitrogens is 2. The second-order valence-corrected chi connectivity index (χ2v) is 7.75. The molecular formula is C20H27N3O2. The van der Waals surface area contributed by atoms with Gasteiger partial charge in [0.05, 0.1) is 6.04 Å². The Morgan fingerprint density at radius 3 is 2.16 bits per heavy atom. The number of rotatable bonds is 4. The number of benzene rings is 1. The van der Waals surface area contributed by atoms with E-state index in [4.69, 9.17) is 0 Å². The van der Waals surface area contributed by atoms with Crippen molar-refractivity contribution < 1.29 is 4.79 Å². The van der Waals surface area contributed by atoms with Crippen LogP contribution < -0.4 is 10.9 Å². The van der Waals surface area contributed by atoms with Gasteiger partial charge in [-0.2, -0.15) is 5.10 Å². The minimum Gasteiger partial charge on any atom is -0.344 e. The van der Waals surface area contributed by atoms with Crippen molar-refractivity contribution >= 4 is 5.91 Å². The fourth-order valence-corrected chi connectivity index (χ4v) is 2.66. The normalized spacial score (nSPS) is 12.9. The summed E-state index contributed by atoms with van der Waals surface area (Å²) in [4.78, 5) is 24.0. The molecule has 134 valence electrons. The predicted molar refractivity (Wildman–Crippen MR) is 99.7 cm³/mol. The van der Waals surface area contributed by atoms with Crippen molar-refractivity contribution in [2.45, 2.75) is 46.1 Å². The van der Waals surface area contributed by atoms with Gasteiger partial charge in [-0.1, -0.05) is 58.9 Å². The number of amides is 1. The first kappa shape index (κ1) is 18.9. The highest BCUT2D eigenvalue weighted by molar-refractivity contribution is 5.92. The lowest BCUT2D eigenvalue weighted by molar-refractivity contribution is 0.0918. The molecule has 0 fully saturated rings. The van der Waals surface area contributed by atoms with Crippen LogP contribution in [0.25, 0.3) is 0 Å². The molecule has 5 nitrogen and oxygen atoms in total. The molecule has 1 heterocycles. The van der Waals surface area contributed by atoms with E-state index >= 15 is 0 Å². The third-order valence-corrected chi connectivity index (χ3v) is 4.28. The summed E-state index contributed by atoms with van der Waals surface area (Å²) in [7, 11) is 1.53. The fourth-order valence-electron chi connectivity index (χ4n) is 2.66. The zero-order valence-electron chi connectivity index (χ0n) is 15.8. The van der Waals surface area contributed by atoms with E-state index in [9.17, 15) is 9.59 Å². The number of nitrogens with zero attached hydrogens (tertiary/aromatic N) is 2. The van der Waals surface area contributed by atoms with Gasteiger partial charge < -0.3 is 5.32 Å². The molecule has 1 N–H and O–H groups in total. The van der Waals surface area contributed by atoms with Crippen molar-refractivity contribution in [3.63, 3.8) is 0 Å². The third kappa shape index (κ3) is 4.56. The van der Waals surface area contributed by atoms with Gasteiger partial charge in [0.2, 0.25) is 0 Å². The molecule has 0 aliphatic rings. The molecule has 5 heteroatoms. The Morgan fingerprint density at radius 2 is 1.68 bits per heavy atom. The minimum atomic E-state index is -0.283. The van der Waals surface area contributed by atoms with Crippen molar-refractivity contribution in [3.8, 4) is 0 Å². The maximum atomic E-state index is 12.5. The van der Waals surface area contributed by atoms with E-state index in [2.05, 4.69) is 69.3 Å². The van der Waals surface area contributed by atoms with Gasteiger partial charge in [-0.3, -0.25) is 9.59 Å². The standard InChI is InChI=1S/C20H27N3O2/c1-13(2)18(14-7-9-15(10-8-14)20(3,4)5)21-19(25)16-11-12-17(24)23(6)22-16/h7-13,18H,1-6H3,(H,21,25)/t18-/m0/s1. The van der Waals surface area contributed by atoms with Gasteiger partial charge in [0.1, 0.15) is 5.69 Å². The molecule has 1 amide bonds. The monoisotopic (exact) mass is 341 g/mol. The van der Waals surface area contributed by atoms with Crippen molar-refractivity contribution in [2.24, 2.45) is 13.0 Å². The molecule has 25 heavy (non-hydrogen) atoms. The van der Waals surface area contributed by atoms with Gasteiger partial charge >= 0.3 is 0 Å². The maximum absolute atomic E-state index is 12.5. The summed E-state index contributed by atoms with van der Waals surface area (Å²) in [6, 6.07) is 11.0. The van der Waals surface area contributed by atoms with E-state index in [1.807, 2.05) is 0 Å². The number of carbonyl (C=O) groups is 1. The van der Waals surface area contributed by atoms with E-state index in [-0.39, 0.29) is 34.5 Å². The van der Waals surface area contributed by atoms with Gasteiger partial charge in [0.15, 0.2) is 0 Å². The van der Waals surface area contributed by atoms with Gasteiger partial charge in [0, 0.05) is 13.1 Å². The molecule has 0 saturated heterocycles. The van der Waals surface area contributed by atoms with Crippen molar-refractivity contribution in [1.29, 1.82) is 0 Å². The molecule has 0 radical (unpaired) electrons.